The molecule has 2 amide bonds. The molecule has 0 saturated carbocycles. The van der Waals surface area contributed by atoms with Crippen molar-refractivity contribution in [3.05, 3.63) is 65.7 Å². The summed E-state index contributed by atoms with van der Waals surface area (Å²) in [7, 11) is -0.120. The van der Waals surface area contributed by atoms with Gasteiger partial charge in [0.2, 0.25) is 11.8 Å². The van der Waals surface area contributed by atoms with E-state index in [0.717, 1.165) is 4.31 Å². The van der Waals surface area contributed by atoms with Crippen LogP contribution in [-0.4, -0.2) is 48.1 Å². The molecule has 0 atom stereocenters. The number of rotatable bonds is 10. The number of methoxy groups -OCH3 is 3. The van der Waals surface area contributed by atoms with Gasteiger partial charge in [0.25, 0.3) is 10.0 Å². The van der Waals surface area contributed by atoms with E-state index in [9.17, 15) is 18.0 Å². The fourth-order valence-electron chi connectivity index (χ4n) is 3.43. The van der Waals surface area contributed by atoms with Gasteiger partial charge in [0.05, 0.1) is 31.9 Å². The van der Waals surface area contributed by atoms with Crippen LogP contribution in [0.1, 0.15) is 6.92 Å². The molecule has 2 N–H and O–H groups in total. The number of nitrogens with zero attached hydrogens (tertiary/aromatic N) is 1. The van der Waals surface area contributed by atoms with E-state index in [1.165, 1.54) is 58.6 Å². The fourth-order valence-corrected chi connectivity index (χ4v) is 5.04. The van der Waals surface area contributed by atoms with Crippen LogP contribution in [0.2, 0.25) is 5.02 Å². The molecular weight excluding hydrogens is 522 g/mol. The van der Waals surface area contributed by atoms with Gasteiger partial charge in [-0.3, -0.25) is 13.9 Å². The Morgan fingerprint density at radius 2 is 1.38 bits per heavy atom. The van der Waals surface area contributed by atoms with Crippen LogP contribution >= 0.6 is 11.6 Å². The zero-order valence-corrected chi connectivity index (χ0v) is 22.1. The molecule has 0 saturated heterocycles. The van der Waals surface area contributed by atoms with Gasteiger partial charge in [0.1, 0.15) is 12.3 Å². The predicted octanol–water partition coefficient (Wildman–Crippen LogP) is 4.16. The van der Waals surface area contributed by atoms with Crippen molar-refractivity contribution in [2.24, 2.45) is 0 Å². The van der Waals surface area contributed by atoms with E-state index in [1.54, 1.807) is 30.3 Å². The summed E-state index contributed by atoms with van der Waals surface area (Å²) in [6.45, 7) is 0.786. The molecule has 3 aromatic rings. The van der Waals surface area contributed by atoms with E-state index >= 15 is 0 Å². The summed E-state index contributed by atoms with van der Waals surface area (Å²) in [5.74, 6) is -0.124. The van der Waals surface area contributed by atoms with Crippen molar-refractivity contribution in [1.29, 1.82) is 0 Å². The highest BCUT2D eigenvalue weighted by molar-refractivity contribution is 7.92. The SMILES string of the molecule is COc1ccc(S(=O)(=O)N(CC(=O)Nc2ccc(NC(C)=O)cc2)c2cc(Cl)ccc2OC)cc1OC. The Kier molecular flexibility index (Phi) is 8.85. The number of sulfonamides is 1. The summed E-state index contributed by atoms with van der Waals surface area (Å²) in [4.78, 5) is 24.1. The topological polar surface area (TPSA) is 123 Å². The number of carbonyl (C=O) groups is 2. The van der Waals surface area contributed by atoms with Gasteiger partial charge in [-0.1, -0.05) is 11.6 Å². The van der Waals surface area contributed by atoms with E-state index < -0.39 is 22.5 Å². The molecular formula is C25H26ClN3O7S. The Balaban J connectivity index is 2.00. The standard InChI is InChI=1S/C25H26ClN3O7S/c1-16(30)27-18-6-8-19(9-7-18)28-25(31)15-29(21-13-17(26)5-11-22(21)34-2)37(32,33)20-10-12-23(35-3)24(14-20)36-4/h5-14H,15H2,1-4H3,(H,27,30)(H,28,31). The van der Waals surface area contributed by atoms with Crippen LogP contribution in [-0.2, 0) is 19.6 Å². The molecule has 0 spiro atoms. The van der Waals surface area contributed by atoms with Crippen molar-refractivity contribution in [3.63, 3.8) is 0 Å². The Labute approximate surface area is 220 Å². The zero-order chi connectivity index (χ0) is 27.2. The minimum atomic E-state index is -4.32. The summed E-state index contributed by atoms with van der Waals surface area (Å²) in [5.41, 5.74) is 1.02. The van der Waals surface area contributed by atoms with E-state index in [0.29, 0.717) is 17.1 Å². The number of halogens is 1. The molecule has 3 aromatic carbocycles. The first-order valence-corrected chi connectivity index (χ1v) is 12.7. The Morgan fingerprint density at radius 3 is 1.95 bits per heavy atom. The molecule has 0 aliphatic carbocycles. The third-order valence-electron chi connectivity index (χ3n) is 5.13. The highest BCUT2D eigenvalue weighted by Gasteiger charge is 2.30. The third kappa shape index (κ3) is 6.63. The van der Waals surface area contributed by atoms with Gasteiger partial charge in [-0.2, -0.15) is 0 Å². The molecule has 0 aliphatic rings. The quantitative estimate of drug-likeness (QED) is 0.390. The maximum Gasteiger partial charge on any atom is 0.265 e. The summed E-state index contributed by atoms with van der Waals surface area (Å²) in [6.07, 6.45) is 0. The summed E-state index contributed by atoms with van der Waals surface area (Å²) < 4.78 is 44.4. The lowest BCUT2D eigenvalue weighted by Gasteiger charge is -2.26. The van der Waals surface area contributed by atoms with Crippen LogP contribution in [0.5, 0.6) is 17.2 Å². The van der Waals surface area contributed by atoms with Crippen LogP contribution in [0.3, 0.4) is 0 Å². The number of benzene rings is 3. The maximum atomic E-state index is 13.8. The second-order valence-electron chi connectivity index (χ2n) is 7.65. The molecule has 0 aliphatic heterocycles. The first-order chi connectivity index (χ1) is 17.6. The Hall–Kier alpha value is -3.96. The Morgan fingerprint density at radius 1 is 0.811 bits per heavy atom. The molecule has 12 heteroatoms. The fraction of sp³-hybridized carbons (Fsp3) is 0.200. The van der Waals surface area contributed by atoms with E-state index in [4.69, 9.17) is 25.8 Å². The number of carbonyl (C=O) groups excluding carboxylic acids is 2. The number of anilines is 3. The average Bonchev–Trinajstić information content (AvgIpc) is 2.87. The van der Waals surface area contributed by atoms with E-state index in [2.05, 4.69) is 10.6 Å². The lowest BCUT2D eigenvalue weighted by atomic mass is 10.2. The third-order valence-corrected chi connectivity index (χ3v) is 7.12. The van der Waals surface area contributed by atoms with E-state index in [1.807, 2.05) is 0 Å². The minimum absolute atomic E-state index is 0.0703. The maximum absolute atomic E-state index is 13.8. The van der Waals surface area contributed by atoms with Crippen LogP contribution in [0.15, 0.2) is 65.6 Å². The molecule has 10 nitrogen and oxygen atoms in total. The van der Waals surface area contributed by atoms with Crippen LogP contribution in [0.4, 0.5) is 17.1 Å². The summed E-state index contributed by atoms with van der Waals surface area (Å²) in [5, 5.41) is 5.54. The van der Waals surface area contributed by atoms with Gasteiger partial charge >= 0.3 is 0 Å². The normalized spacial score (nSPS) is 10.8. The second kappa shape index (κ2) is 11.8. The summed E-state index contributed by atoms with van der Waals surface area (Å²) in [6, 6.07) is 14.9. The lowest BCUT2D eigenvalue weighted by Crippen LogP contribution is -2.38. The van der Waals surface area contributed by atoms with Gasteiger partial charge in [-0.15, -0.1) is 0 Å². The molecule has 3 rings (SSSR count). The molecule has 37 heavy (non-hydrogen) atoms. The second-order valence-corrected chi connectivity index (χ2v) is 9.95. The number of hydrogen-bond acceptors (Lipinski definition) is 7. The van der Waals surface area contributed by atoms with Crippen LogP contribution < -0.4 is 29.1 Å². The van der Waals surface area contributed by atoms with Gasteiger partial charge < -0.3 is 24.8 Å². The van der Waals surface area contributed by atoms with Crippen molar-refractivity contribution in [3.8, 4) is 17.2 Å². The average molecular weight is 548 g/mol. The zero-order valence-electron chi connectivity index (χ0n) is 20.6. The molecule has 0 heterocycles. The molecule has 0 aromatic heterocycles. The number of amides is 2. The highest BCUT2D eigenvalue weighted by Crippen LogP contribution is 2.37. The molecule has 0 unspecified atom stereocenters. The van der Waals surface area contributed by atoms with Crippen LogP contribution in [0, 0.1) is 0 Å². The van der Waals surface area contributed by atoms with Gasteiger partial charge in [-0.25, -0.2) is 8.42 Å². The number of hydrogen-bond donors (Lipinski definition) is 2. The number of nitrogens with one attached hydrogen (secondary N) is 2. The minimum Gasteiger partial charge on any atom is -0.495 e. The molecule has 0 radical (unpaired) electrons. The summed E-state index contributed by atoms with van der Waals surface area (Å²) >= 11 is 6.17. The molecule has 196 valence electrons. The monoisotopic (exact) mass is 547 g/mol. The molecule has 0 bridgehead atoms. The Bertz CT molecular complexity index is 1400. The largest absolute Gasteiger partial charge is 0.495 e. The highest BCUT2D eigenvalue weighted by atomic mass is 35.5. The van der Waals surface area contributed by atoms with Crippen molar-refractivity contribution in [2.75, 3.05) is 42.8 Å². The first kappa shape index (κ1) is 27.6. The van der Waals surface area contributed by atoms with Crippen molar-refractivity contribution < 1.29 is 32.2 Å². The van der Waals surface area contributed by atoms with Crippen molar-refractivity contribution in [2.45, 2.75) is 11.8 Å². The van der Waals surface area contributed by atoms with Gasteiger partial charge in [0, 0.05) is 29.4 Å². The smallest absolute Gasteiger partial charge is 0.265 e. The number of ether oxygens (including phenoxy) is 3. The van der Waals surface area contributed by atoms with Gasteiger partial charge in [-0.05, 0) is 54.6 Å². The van der Waals surface area contributed by atoms with Crippen molar-refractivity contribution in [1.82, 2.24) is 0 Å². The van der Waals surface area contributed by atoms with Crippen molar-refractivity contribution >= 4 is 50.5 Å². The first-order valence-electron chi connectivity index (χ1n) is 10.8. The van der Waals surface area contributed by atoms with Crippen LogP contribution in [0.25, 0.3) is 0 Å². The predicted molar refractivity (Wildman–Crippen MR) is 141 cm³/mol. The molecule has 0 fully saturated rings. The van der Waals surface area contributed by atoms with E-state index in [-0.39, 0.29) is 33.0 Å². The lowest BCUT2D eigenvalue weighted by molar-refractivity contribution is -0.115. The van der Waals surface area contributed by atoms with Gasteiger partial charge in [0.15, 0.2) is 11.5 Å².